The fourth-order valence-corrected chi connectivity index (χ4v) is 8.08. The number of ether oxygens (including phenoxy) is 2. The molecule has 10 N–H and O–H groups in total. The van der Waals surface area contributed by atoms with Crippen molar-refractivity contribution >= 4 is 37.6 Å². The van der Waals surface area contributed by atoms with Gasteiger partial charge in [0.25, 0.3) is 0 Å². The molecule has 0 aromatic heterocycles. The number of benzene rings is 2. The average molecular weight is 772 g/mol. The van der Waals surface area contributed by atoms with Crippen LogP contribution >= 0.6 is 0 Å². The Labute approximate surface area is 317 Å². The van der Waals surface area contributed by atoms with Gasteiger partial charge in [-0.1, -0.05) is 32.9 Å². The van der Waals surface area contributed by atoms with Crippen LogP contribution in [-0.4, -0.2) is 97.9 Å². The quantitative estimate of drug-likeness (QED) is 0.0785. The highest BCUT2D eigenvalue weighted by molar-refractivity contribution is 6.74. The zero-order valence-corrected chi connectivity index (χ0v) is 33.1. The number of nitrogens with zero attached hydrogens (tertiary/aromatic N) is 2. The molecule has 5 unspecified atom stereocenters. The van der Waals surface area contributed by atoms with E-state index in [4.69, 9.17) is 25.4 Å². The number of phenolic OH excluding ortho intramolecular Hbond substituents is 1. The monoisotopic (exact) mass is 771 g/mol. The van der Waals surface area contributed by atoms with E-state index in [2.05, 4.69) is 49.8 Å². The van der Waals surface area contributed by atoms with Crippen LogP contribution in [0.3, 0.4) is 0 Å². The molecule has 5 atom stereocenters. The van der Waals surface area contributed by atoms with E-state index >= 15 is 0 Å². The standard InChI is InChI=1S/C37H57N7O9Si/c1-36(2,3)54(5,6)53-33-27-18-37(13-14-37)21-43(27)32(48)24-16-29(51-4)28(45)17-26(24)44(33)35(50)52-20-22-9-11-23(12-10-22)41-31(47)25(42-30(46)19-38)8-7-15-40-34(39)49/h9-12,16-17,25,27,32-34,40,45,48-49H,7-8,13-15,18-21,38-39H2,1-6H3,(H,41,47)(H,42,46). The molecule has 54 heavy (non-hydrogen) atoms. The van der Waals surface area contributed by atoms with Crippen molar-refractivity contribution < 1.29 is 43.6 Å². The maximum absolute atomic E-state index is 14.4. The zero-order chi connectivity index (χ0) is 39.6. The number of anilines is 2. The van der Waals surface area contributed by atoms with E-state index < -0.39 is 51.1 Å². The first kappa shape index (κ1) is 41.4. The Morgan fingerprint density at radius 1 is 1.13 bits per heavy atom. The molecule has 1 saturated heterocycles. The average Bonchev–Trinajstić information content (AvgIpc) is 3.78. The minimum atomic E-state index is -2.53. The number of amides is 3. The van der Waals surface area contributed by atoms with Gasteiger partial charge in [-0.2, -0.15) is 0 Å². The number of phenols is 1. The minimum absolute atomic E-state index is 0.0488. The molecule has 1 saturated carbocycles. The molecular weight excluding hydrogens is 715 g/mol. The van der Waals surface area contributed by atoms with Crippen molar-refractivity contribution in [1.29, 1.82) is 0 Å². The summed E-state index contributed by atoms with van der Waals surface area (Å²) in [5, 5.41) is 39.9. The molecule has 1 aliphatic carbocycles. The van der Waals surface area contributed by atoms with E-state index in [0.29, 0.717) is 36.3 Å². The van der Waals surface area contributed by atoms with Crippen molar-refractivity contribution in [2.45, 2.75) is 109 Å². The van der Waals surface area contributed by atoms with Crippen LogP contribution in [0.2, 0.25) is 18.1 Å². The lowest BCUT2D eigenvalue weighted by Crippen LogP contribution is -2.57. The Morgan fingerprint density at radius 3 is 2.41 bits per heavy atom. The van der Waals surface area contributed by atoms with Crippen molar-refractivity contribution in [3.05, 3.63) is 47.5 Å². The summed E-state index contributed by atoms with van der Waals surface area (Å²) in [6, 6.07) is 8.51. The molecule has 2 aromatic rings. The van der Waals surface area contributed by atoms with E-state index in [1.807, 2.05) is 4.90 Å². The first-order valence-electron chi connectivity index (χ1n) is 18.4. The zero-order valence-electron chi connectivity index (χ0n) is 32.1. The second-order valence-corrected chi connectivity index (χ2v) is 20.9. The summed E-state index contributed by atoms with van der Waals surface area (Å²) in [5.41, 5.74) is 12.6. The van der Waals surface area contributed by atoms with Gasteiger partial charge < -0.3 is 45.6 Å². The Hall–Kier alpha value is -3.81. The number of carbonyl (C=O) groups is 3. The number of nitrogens with one attached hydrogen (secondary N) is 3. The fourth-order valence-electron chi connectivity index (χ4n) is 6.86. The van der Waals surface area contributed by atoms with Crippen LogP contribution in [0.1, 0.15) is 70.2 Å². The number of hydrogen-bond acceptors (Lipinski definition) is 13. The highest BCUT2D eigenvalue weighted by atomic mass is 28.4. The summed E-state index contributed by atoms with van der Waals surface area (Å²) in [5.74, 6) is -0.959. The number of methoxy groups -OCH3 is 1. The third-order valence-corrected chi connectivity index (χ3v) is 15.6. The summed E-state index contributed by atoms with van der Waals surface area (Å²) in [7, 11) is -1.10. The van der Waals surface area contributed by atoms with Gasteiger partial charge in [0.1, 0.15) is 25.1 Å². The Morgan fingerprint density at radius 2 is 1.81 bits per heavy atom. The van der Waals surface area contributed by atoms with Gasteiger partial charge in [-0.05, 0) is 86.0 Å². The number of aliphatic hydroxyl groups is 2. The lowest BCUT2D eigenvalue weighted by molar-refractivity contribution is -0.125. The van der Waals surface area contributed by atoms with Crippen LogP contribution in [0.15, 0.2) is 36.4 Å². The molecule has 2 aromatic carbocycles. The molecule has 0 bridgehead atoms. The minimum Gasteiger partial charge on any atom is -0.504 e. The molecule has 17 heteroatoms. The van der Waals surface area contributed by atoms with E-state index in [0.717, 1.165) is 19.3 Å². The molecule has 3 amide bonds. The topological polar surface area (TPSA) is 234 Å². The van der Waals surface area contributed by atoms with Gasteiger partial charge in [0, 0.05) is 23.9 Å². The van der Waals surface area contributed by atoms with Crippen molar-refractivity contribution in [3.8, 4) is 11.5 Å². The van der Waals surface area contributed by atoms with E-state index in [1.54, 1.807) is 30.3 Å². The van der Waals surface area contributed by atoms with Crippen molar-refractivity contribution in [2.75, 3.05) is 37.0 Å². The normalized spacial score (nSPS) is 21.7. The molecule has 16 nitrogen and oxygen atoms in total. The third-order valence-electron chi connectivity index (χ3n) is 11.2. The van der Waals surface area contributed by atoms with Crippen LogP contribution in [0.4, 0.5) is 16.2 Å². The first-order valence-corrected chi connectivity index (χ1v) is 21.3. The van der Waals surface area contributed by atoms with Gasteiger partial charge >= 0.3 is 6.09 Å². The van der Waals surface area contributed by atoms with Gasteiger partial charge in [0.05, 0.1) is 25.4 Å². The van der Waals surface area contributed by atoms with E-state index in [9.17, 15) is 29.7 Å². The largest absolute Gasteiger partial charge is 0.504 e. The molecule has 0 radical (unpaired) electrons. The van der Waals surface area contributed by atoms with E-state index in [1.165, 1.54) is 18.1 Å². The predicted octanol–water partition coefficient (Wildman–Crippen LogP) is 2.74. The number of aromatic hydroxyl groups is 1. The van der Waals surface area contributed by atoms with Crippen LogP contribution < -0.4 is 37.1 Å². The number of fused-ring (bicyclic) bond motifs is 2. The van der Waals surface area contributed by atoms with Gasteiger partial charge in [-0.25, -0.2) is 9.69 Å². The third kappa shape index (κ3) is 9.34. The molecule has 2 heterocycles. The number of nitrogens with two attached hydrogens (primary N) is 2. The Balaban J connectivity index is 1.37. The molecule has 1 spiro atoms. The maximum Gasteiger partial charge on any atom is 0.416 e. The molecule has 298 valence electrons. The second kappa shape index (κ2) is 16.5. The van der Waals surface area contributed by atoms with E-state index in [-0.39, 0.29) is 53.3 Å². The van der Waals surface area contributed by atoms with Gasteiger partial charge in [0.15, 0.2) is 26.2 Å². The lowest BCUT2D eigenvalue weighted by atomic mass is 10.0. The van der Waals surface area contributed by atoms with Crippen LogP contribution in [0.25, 0.3) is 0 Å². The molecule has 3 aliphatic rings. The summed E-state index contributed by atoms with van der Waals surface area (Å²) in [6.07, 6.45) is -0.275. The van der Waals surface area contributed by atoms with Crippen molar-refractivity contribution in [2.24, 2.45) is 16.9 Å². The Bertz CT molecular complexity index is 1670. The van der Waals surface area contributed by atoms with Crippen LogP contribution in [0, 0.1) is 5.41 Å². The number of rotatable bonds is 14. The summed E-state index contributed by atoms with van der Waals surface area (Å²) >= 11 is 0. The lowest BCUT2D eigenvalue weighted by Gasteiger charge is -2.44. The predicted molar refractivity (Wildman–Crippen MR) is 205 cm³/mol. The van der Waals surface area contributed by atoms with Crippen LogP contribution in [-0.2, 0) is 25.4 Å². The number of hydrogen-bond donors (Lipinski definition) is 8. The van der Waals surface area contributed by atoms with Gasteiger partial charge in [0.2, 0.25) is 11.8 Å². The number of aliphatic hydroxyl groups excluding tert-OH is 2. The molecule has 2 fully saturated rings. The highest BCUT2D eigenvalue weighted by Crippen LogP contribution is 2.59. The smallest absolute Gasteiger partial charge is 0.416 e. The Kier molecular flexibility index (Phi) is 12.6. The number of carbonyl (C=O) groups excluding carboxylic acids is 3. The summed E-state index contributed by atoms with van der Waals surface area (Å²) in [4.78, 5) is 43.0. The maximum atomic E-state index is 14.4. The molecule has 5 rings (SSSR count). The fraction of sp³-hybridized carbons (Fsp3) is 0.595. The van der Waals surface area contributed by atoms with Crippen molar-refractivity contribution in [1.82, 2.24) is 15.5 Å². The van der Waals surface area contributed by atoms with Gasteiger partial charge in [-0.3, -0.25) is 25.5 Å². The second-order valence-electron chi connectivity index (χ2n) is 16.1. The van der Waals surface area contributed by atoms with Gasteiger partial charge in [-0.15, -0.1) is 0 Å². The first-order chi connectivity index (χ1) is 25.4. The summed E-state index contributed by atoms with van der Waals surface area (Å²) in [6.45, 7) is 11.2. The molecule has 2 aliphatic heterocycles. The SMILES string of the molecule is COc1cc2c(cc1O)N(C(=O)OCc1ccc(NC(=O)C(CCCNC(N)O)NC(=O)CN)cc1)C(O[Si](C)(C)C(C)(C)C)C1CC3(CC3)CN1C2O. The molecular formula is C37H57N7O9Si. The van der Waals surface area contributed by atoms with Crippen LogP contribution in [0.5, 0.6) is 11.5 Å². The summed E-state index contributed by atoms with van der Waals surface area (Å²) < 4.78 is 18.5. The highest BCUT2D eigenvalue weighted by Gasteiger charge is 2.59. The van der Waals surface area contributed by atoms with Crippen molar-refractivity contribution in [3.63, 3.8) is 0 Å².